The van der Waals surface area contributed by atoms with Crippen LogP contribution in [0.4, 0.5) is 4.79 Å². The largest absolute Gasteiger partial charge is 0.480 e. The van der Waals surface area contributed by atoms with Gasteiger partial charge in [-0.3, -0.25) is 4.79 Å². The van der Waals surface area contributed by atoms with Gasteiger partial charge in [0.2, 0.25) is 0 Å². The summed E-state index contributed by atoms with van der Waals surface area (Å²) in [6.45, 7) is 3.12. The molecule has 8 heteroatoms. The number of esters is 1. The van der Waals surface area contributed by atoms with E-state index in [1.165, 1.54) is 7.11 Å². The SMILES string of the molecule is COC(=O)CC[C@H](NC(=O)NC(C)C1CCOC1)C(=O)O. The van der Waals surface area contributed by atoms with E-state index in [-0.39, 0.29) is 24.8 Å². The van der Waals surface area contributed by atoms with Crippen LogP contribution >= 0.6 is 0 Å². The van der Waals surface area contributed by atoms with Crippen LogP contribution in [0, 0.1) is 5.92 Å². The monoisotopic (exact) mass is 302 g/mol. The van der Waals surface area contributed by atoms with E-state index in [1.54, 1.807) is 0 Å². The minimum Gasteiger partial charge on any atom is -0.480 e. The lowest BCUT2D eigenvalue weighted by Gasteiger charge is -2.21. The van der Waals surface area contributed by atoms with E-state index in [0.29, 0.717) is 13.2 Å². The van der Waals surface area contributed by atoms with Crippen molar-refractivity contribution in [3.63, 3.8) is 0 Å². The second-order valence-corrected chi connectivity index (χ2v) is 5.04. The normalized spacial score (nSPS) is 20.4. The van der Waals surface area contributed by atoms with Gasteiger partial charge in [-0.1, -0.05) is 0 Å². The fraction of sp³-hybridized carbons (Fsp3) is 0.769. The molecule has 1 heterocycles. The van der Waals surface area contributed by atoms with Crippen LogP contribution in [0.5, 0.6) is 0 Å². The number of hydrogen-bond donors (Lipinski definition) is 3. The van der Waals surface area contributed by atoms with Gasteiger partial charge in [-0.05, 0) is 19.8 Å². The molecule has 1 saturated heterocycles. The van der Waals surface area contributed by atoms with Crippen LogP contribution in [0.25, 0.3) is 0 Å². The van der Waals surface area contributed by atoms with Gasteiger partial charge in [0, 0.05) is 25.0 Å². The standard InChI is InChI=1S/C13H22N2O6/c1-8(9-5-6-21-7-9)14-13(19)15-10(12(17)18)3-4-11(16)20-2/h8-10H,3-7H2,1-2H3,(H,17,18)(H2,14,15,19)/t8?,9?,10-/m0/s1. The molecule has 8 nitrogen and oxygen atoms in total. The summed E-state index contributed by atoms with van der Waals surface area (Å²) in [6, 6.07) is -1.80. The molecule has 1 aliphatic rings. The lowest BCUT2D eigenvalue weighted by atomic mass is 10.0. The highest BCUT2D eigenvalue weighted by atomic mass is 16.5. The van der Waals surface area contributed by atoms with E-state index in [1.807, 2.05) is 6.92 Å². The third-order valence-corrected chi connectivity index (χ3v) is 3.50. The maximum atomic E-state index is 11.8. The predicted octanol–water partition coefficient (Wildman–Crippen LogP) is 0.117. The summed E-state index contributed by atoms with van der Waals surface area (Å²) in [5.74, 6) is -1.47. The molecule has 0 radical (unpaired) electrons. The summed E-state index contributed by atoms with van der Waals surface area (Å²) in [6.07, 6.45) is 0.780. The second-order valence-electron chi connectivity index (χ2n) is 5.04. The second kappa shape index (κ2) is 8.46. The fourth-order valence-electron chi connectivity index (χ4n) is 2.09. The number of hydrogen-bond acceptors (Lipinski definition) is 5. The van der Waals surface area contributed by atoms with Crippen LogP contribution < -0.4 is 10.6 Å². The molecule has 0 bridgehead atoms. The molecule has 3 N–H and O–H groups in total. The molecule has 0 aliphatic carbocycles. The number of ether oxygens (including phenoxy) is 2. The van der Waals surface area contributed by atoms with Gasteiger partial charge in [-0.15, -0.1) is 0 Å². The van der Waals surface area contributed by atoms with Crippen molar-refractivity contribution in [1.29, 1.82) is 0 Å². The first kappa shape index (κ1) is 17.2. The average molecular weight is 302 g/mol. The molecule has 0 aromatic heterocycles. The molecule has 1 rings (SSSR count). The topological polar surface area (TPSA) is 114 Å². The van der Waals surface area contributed by atoms with Crippen LogP contribution in [0.3, 0.4) is 0 Å². The lowest BCUT2D eigenvalue weighted by molar-refractivity contribution is -0.142. The van der Waals surface area contributed by atoms with E-state index in [9.17, 15) is 14.4 Å². The summed E-state index contributed by atoms with van der Waals surface area (Å²) < 4.78 is 9.68. The quantitative estimate of drug-likeness (QED) is 0.575. The third-order valence-electron chi connectivity index (χ3n) is 3.50. The highest BCUT2D eigenvalue weighted by Crippen LogP contribution is 2.16. The van der Waals surface area contributed by atoms with Crippen molar-refractivity contribution < 1.29 is 29.0 Å². The molecule has 2 amide bonds. The number of rotatable bonds is 7. The molecule has 2 unspecified atom stereocenters. The van der Waals surface area contributed by atoms with Crippen molar-refractivity contribution in [3.05, 3.63) is 0 Å². The van der Waals surface area contributed by atoms with E-state index in [0.717, 1.165) is 6.42 Å². The smallest absolute Gasteiger partial charge is 0.326 e. The summed E-state index contributed by atoms with van der Waals surface area (Å²) in [5, 5.41) is 14.1. The zero-order valence-electron chi connectivity index (χ0n) is 12.3. The maximum absolute atomic E-state index is 11.8. The molecule has 1 aliphatic heterocycles. The van der Waals surface area contributed by atoms with Gasteiger partial charge in [0.15, 0.2) is 0 Å². The van der Waals surface area contributed by atoms with Crippen LogP contribution in [0.2, 0.25) is 0 Å². The fourth-order valence-corrected chi connectivity index (χ4v) is 2.09. The highest BCUT2D eigenvalue weighted by molar-refractivity contribution is 5.83. The zero-order chi connectivity index (χ0) is 15.8. The molecule has 0 saturated carbocycles. The van der Waals surface area contributed by atoms with Gasteiger partial charge in [0.1, 0.15) is 6.04 Å². The number of carbonyl (C=O) groups excluding carboxylic acids is 2. The number of aliphatic carboxylic acids is 1. The van der Waals surface area contributed by atoms with Gasteiger partial charge >= 0.3 is 18.0 Å². The Bertz CT molecular complexity index is 381. The first-order chi connectivity index (χ1) is 9.93. The van der Waals surface area contributed by atoms with E-state index in [2.05, 4.69) is 15.4 Å². The van der Waals surface area contributed by atoms with Crippen molar-refractivity contribution in [2.24, 2.45) is 5.92 Å². The van der Waals surface area contributed by atoms with Gasteiger partial charge in [-0.2, -0.15) is 0 Å². The Balaban J connectivity index is 2.40. The summed E-state index contributed by atoms with van der Waals surface area (Å²) in [5.41, 5.74) is 0. The third kappa shape index (κ3) is 5.99. The number of methoxy groups -OCH3 is 1. The summed E-state index contributed by atoms with van der Waals surface area (Å²) in [4.78, 5) is 33.9. The predicted molar refractivity (Wildman–Crippen MR) is 72.7 cm³/mol. The number of urea groups is 1. The first-order valence-electron chi connectivity index (χ1n) is 6.88. The van der Waals surface area contributed by atoms with Crippen molar-refractivity contribution in [2.45, 2.75) is 38.3 Å². The van der Waals surface area contributed by atoms with E-state index in [4.69, 9.17) is 9.84 Å². The van der Waals surface area contributed by atoms with Crippen molar-refractivity contribution in [3.8, 4) is 0 Å². The Morgan fingerprint density at radius 2 is 2.10 bits per heavy atom. The van der Waals surface area contributed by atoms with E-state index >= 15 is 0 Å². The number of amides is 2. The first-order valence-corrected chi connectivity index (χ1v) is 6.88. The van der Waals surface area contributed by atoms with Crippen LogP contribution in [0.15, 0.2) is 0 Å². The van der Waals surface area contributed by atoms with Crippen LogP contribution in [-0.2, 0) is 19.1 Å². The Labute approximate surface area is 123 Å². The van der Waals surface area contributed by atoms with Crippen LogP contribution in [0.1, 0.15) is 26.2 Å². The van der Waals surface area contributed by atoms with Gasteiger partial charge in [0.25, 0.3) is 0 Å². The van der Waals surface area contributed by atoms with Crippen molar-refractivity contribution >= 4 is 18.0 Å². The molecule has 0 aromatic carbocycles. The average Bonchev–Trinajstić information content (AvgIpc) is 2.96. The molecule has 0 spiro atoms. The summed E-state index contributed by atoms with van der Waals surface area (Å²) >= 11 is 0. The molecular weight excluding hydrogens is 280 g/mol. The molecule has 0 aromatic rings. The minimum absolute atomic E-state index is 0.0175. The van der Waals surface area contributed by atoms with Gasteiger partial charge in [-0.25, -0.2) is 9.59 Å². The zero-order valence-corrected chi connectivity index (χ0v) is 12.3. The summed E-state index contributed by atoms with van der Waals surface area (Å²) in [7, 11) is 1.23. The van der Waals surface area contributed by atoms with Crippen molar-refractivity contribution in [2.75, 3.05) is 20.3 Å². The Hall–Kier alpha value is -1.83. The number of carboxylic acid groups (broad SMARTS) is 1. The number of carbonyl (C=O) groups is 3. The minimum atomic E-state index is -1.19. The molecule has 120 valence electrons. The highest BCUT2D eigenvalue weighted by Gasteiger charge is 2.26. The molecular formula is C13H22N2O6. The Morgan fingerprint density at radius 1 is 1.38 bits per heavy atom. The van der Waals surface area contributed by atoms with E-state index < -0.39 is 24.0 Å². The van der Waals surface area contributed by atoms with Gasteiger partial charge in [0.05, 0.1) is 13.7 Å². The number of carboxylic acids is 1. The lowest BCUT2D eigenvalue weighted by Crippen LogP contribution is -2.50. The molecule has 21 heavy (non-hydrogen) atoms. The molecule has 3 atom stereocenters. The van der Waals surface area contributed by atoms with Crippen molar-refractivity contribution in [1.82, 2.24) is 10.6 Å². The number of nitrogens with one attached hydrogen (secondary N) is 2. The molecule has 1 fully saturated rings. The Morgan fingerprint density at radius 3 is 2.62 bits per heavy atom. The van der Waals surface area contributed by atoms with Gasteiger partial charge < -0.3 is 25.2 Å². The Kier molecular flexibility index (Phi) is 6.93. The van der Waals surface area contributed by atoms with Crippen LogP contribution in [-0.4, -0.2) is 55.5 Å². The maximum Gasteiger partial charge on any atom is 0.326 e.